The van der Waals surface area contributed by atoms with Crippen LogP contribution in [0.5, 0.6) is 11.5 Å². The van der Waals surface area contributed by atoms with Crippen molar-refractivity contribution >= 4 is 15.9 Å². The number of nitrogens with zero attached hydrogens (tertiary/aromatic N) is 1. The topological polar surface area (TPSA) is 84.9 Å². The number of rotatable bonds is 8. The smallest absolute Gasteiger partial charge is 0.251 e. The van der Waals surface area contributed by atoms with Crippen molar-refractivity contribution in [2.45, 2.75) is 44.2 Å². The van der Waals surface area contributed by atoms with Gasteiger partial charge in [-0.3, -0.25) is 4.79 Å². The van der Waals surface area contributed by atoms with Crippen molar-refractivity contribution in [3.8, 4) is 11.5 Å². The molecule has 0 bridgehead atoms. The molecule has 3 rings (SSSR count). The van der Waals surface area contributed by atoms with E-state index in [4.69, 9.17) is 9.47 Å². The molecule has 0 aliphatic carbocycles. The first-order valence-electron chi connectivity index (χ1n) is 10.0. The third-order valence-electron chi connectivity index (χ3n) is 4.86. The van der Waals surface area contributed by atoms with E-state index in [2.05, 4.69) is 5.32 Å². The molecule has 0 radical (unpaired) electrons. The number of methoxy groups -OCH3 is 1. The highest BCUT2D eigenvalue weighted by Crippen LogP contribution is 2.29. The Kier molecular flexibility index (Phi) is 6.99. The average Bonchev–Trinajstić information content (AvgIpc) is 3.28. The van der Waals surface area contributed by atoms with E-state index in [0.29, 0.717) is 36.7 Å². The molecule has 162 valence electrons. The molecule has 0 aromatic heterocycles. The van der Waals surface area contributed by atoms with Crippen LogP contribution in [-0.4, -0.2) is 44.9 Å². The number of benzene rings is 2. The summed E-state index contributed by atoms with van der Waals surface area (Å²) in [5.41, 5.74) is 1.27. The van der Waals surface area contributed by atoms with E-state index < -0.39 is 10.0 Å². The van der Waals surface area contributed by atoms with E-state index in [1.807, 2.05) is 32.0 Å². The highest BCUT2D eigenvalue weighted by molar-refractivity contribution is 7.89. The molecule has 30 heavy (non-hydrogen) atoms. The first-order valence-corrected chi connectivity index (χ1v) is 11.5. The molecule has 1 fully saturated rings. The Morgan fingerprint density at radius 1 is 1.07 bits per heavy atom. The number of hydrogen-bond acceptors (Lipinski definition) is 5. The molecule has 1 aliphatic rings. The van der Waals surface area contributed by atoms with Gasteiger partial charge in [0.1, 0.15) is 0 Å². The van der Waals surface area contributed by atoms with Gasteiger partial charge in [0, 0.05) is 25.2 Å². The number of carbonyl (C=O) groups excluding carboxylic acids is 1. The second-order valence-corrected chi connectivity index (χ2v) is 9.41. The van der Waals surface area contributed by atoms with Crippen LogP contribution in [0.4, 0.5) is 0 Å². The molecular weight excluding hydrogens is 404 g/mol. The van der Waals surface area contributed by atoms with Gasteiger partial charge in [0.05, 0.1) is 18.1 Å². The maximum Gasteiger partial charge on any atom is 0.251 e. The third-order valence-corrected chi connectivity index (χ3v) is 6.78. The molecule has 2 aromatic carbocycles. The molecule has 1 N–H and O–H groups in total. The van der Waals surface area contributed by atoms with Gasteiger partial charge in [-0.15, -0.1) is 0 Å². The van der Waals surface area contributed by atoms with E-state index >= 15 is 0 Å². The lowest BCUT2D eigenvalue weighted by Gasteiger charge is -2.16. The van der Waals surface area contributed by atoms with Crippen LogP contribution in [0.25, 0.3) is 0 Å². The maximum atomic E-state index is 12.6. The summed E-state index contributed by atoms with van der Waals surface area (Å²) in [6.07, 6.45) is 1.80. The van der Waals surface area contributed by atoms with E-state index in [1.165, 1.54) is 16.4 Å². The van der Waals surface area contributed by atoms with Crippen LogP contribution in [0.1, 0.15) is 42.6 Å². The first-order chi connectivity index (χ1) is 14.3. The van der Waals surface area contributed by atoms with Gasteiger partial charge in [-0.2, -0.15) is 4.31 Å². The lowest BCUT2D eigenvalue weighted by atomic mass is 10.1. The van der Waals surface area contributed by atoms with Gasteiger partial charge >= 0.3 is 0 Å². The predicted molar refractivity (Wildman–Crippen MR) is 114 cm³/mol. The lowest BCUT2D eigenvalue weighted by molar-refractivity contribution is 0.0950. The summed E-state index contributed by atoms with van der Waals surface area (Å²) >= 11 is 0. The largest absolute Gasteiger partial charge is 0.493 e. The number of carbonyl (C=O) groups is 1. The molecule has 1 amide bonds. The van der Waals surface area contributed by atoms with Crippen molar-refractivity contribution in [1.29, 1.82) is 0 Å². The molecule has 7 nitrogen and oxygen atoms in total. The van der Waals surface area contributed by atoms with Crippen LogP contribution in [0.3, 0.4) is 0 Å². The third kappa shape index (κ3) is 5.12. The van der Waals surface area contributed by atoms with Crippen LogP contribution in [0.15, 0.2) is 47.4 Å². The minimum atomic E-state index is -3.48. The van der Waals surface area contributed by atoms with Crippen molar-refractivity contribution in [3.63, 3.8) is 0 Å². The standard InChI is InChI=1S/C22H28N2O5S/c1-16(2)29-20-11-6-17(14-21(20)28-3)15-23-22(25)18-7-9-19(10-8-18)30(26,27)24-12-4-5-13-24/h6-11,14,16H,4-5,12-13,15H2,1-3H3,(H,23,25). The Morgan fingerprint density at radius 2 is 1.73 bits per heavy atom. The minimum Gasteiger partial charge on any atom is -0.493 e. The molecule has 0 saturated carbocycles. The number of sulfonamides is 1. The second-order valence-electron chi connectivity index (χ2n) is 7.47. The van der Waals surface area contributed by atoms with E-state index in [0.717, 1.165) is 18.4 Å². The fourth-order valence-corrected chi connectivity index (χ4v) is 4.83. The highest BCUT2D eigenvalue weighted by atomic mass is 32.2. The SMILES string of the molecule is COc1cc(CNC(=O)c2ccc(S(=O)(=O)N3CCCC3)cc2)ccc1OC(C)C. The Hall–Kier alpha value is -2.58. The van der Waals surface area contributed by atoms with Crippen molar-refractivity contribution in [2.24, 2.45) is 0 Å². The van der Waals surface area contributed by atoms with Crippen molar-refractivity contribution in [3.05, 3.63) is 53.6 Å². The monoisotopic (exact) mass is 432 g/mol. The molecule has 1 saturated heterocycles. The molecule has 0 atom stereocenters. The Bertz CT molecular complexity index is 981. The van der Waals surface area contributed by atoms with Crippen molar-refractivity contribution in [1.82, 2.24) is 9.62 Å². The zero-order valence-corrected chi connectivity index (χ0v) is 18.4. The summed E-state index contributed by atoms with van der Waals surface area (Å²) in [6, 6.07) is 11.6. The molecule has 8 heteroatoms. The van der Waals surface area contributed by atoms with Crippen LogP contribution in [0.2, 0.25) is 0 Å². The molecule has 1 aliphatic heterocycles. The van der Waals surface area contributed by atoms with Crippen molar-refractivity contribution < 1.29 is 22.7 Å². The number of amides is 1. The quantitative estimate of drug-likeness (QED) is 0.692. The van der Waals surface area contributed by atoms with Gasteiger partial charge in [-0.05, 0) is 68.7 Å². The lowest BCUT2D eigenvalue weighted by Crippen LogP contribution is -2.28. The average molecular weight is 433 g/mol. The van der Waals surface area contributed by atoms with Gasteiger partial charge in [-0.1, -0.05) is 6.07 Å². The number of ether oxygens (including phenoxy) is 2. The van der Waals surface area contributed by atoms with Crippen molar-refractivity contribution in [2.75, 3.05) is 20.2 Å². The van der Waals surface area contributed by atoms with E-state index in [-0.39, 0.29) is 16.9 Å². The fraction of sp³-hybridized carbons (Fsp3) is 0.409. The summed E-state index contributed by atoms with van der Waals surface area (Å²) in [5, 5.41) is 2.84. The molecule has 0 unspecified atom stereocenters. The Morgan fingerprint density at radius 3 is 2.33 bits per heavy atom. The normalized spacial score (nSPS) is 14.7. The molecule has 1 heterocycles. The maximum absolute atomic E-state index is 12.6. The number of nitrogens with one attached hydrogen (secondary N) is 1. The highest BCUT2D eigenvalue weighted by Gasteiger charge is 2.27. The van der Waals surface area contributed by atoms with E-state index in [1.54, 1.807) is 19.2 Å². The van der Waals surface area contributed by atoms with E-state index in [9.17, 15) is 13.2 Å². The number of hydrogen-bond donors (Lipinski definition) is 1. The van der Waals surface area contributed by atoms with Gasteiger partial charge in [0.15, 0.2) is 11.5 Å². The zero-order valence-electron chi connectivity index (χ0n) is 17.6. The van der Waals surface area contributed by atoms with Gasteiger partial charge in [0.2, 0.25) is 10.0 Å². The molecule has 0 spiro atoms. The Labute approximate surface area is 178 Å². The van der Waals surface area contributed by atoms with Gasteiger partial charge in [-0.25, -0.2) is 8.42 Å². The summed E-state index contributed by atoms with van der Waals surface area (Å²) in [6.45, 7) is 5.29. The second kappa shape index (κ2) is 9.49. The Balaban J connectivity index is 1.64. The van der Waals surface area contributed by atoms with Crippen LogP contribution >= 0.6 is 0 Å². The first kappa shape index (κ1) is 22.1. The summed E-state index contributed by atoms with van der Waals surface area (Å²) in [7, 11) is -1.91. The fourth-order valence-electron chi connectivity index (χ4n) is 3.31. The van der Waals surface area contributed by atoms with Gasteiger partial charge < -0.3 is 14.8 Å². The van der Waals surface area contributed by atoms with Gasteiger partial charge in [0.25, 0.3) is 5.91 Å². The molecular formula is C22H28N2O5S. The predicted octanol–water partition coefficient (Wildman–Crippen LogP) is 3.20. The molecule has 2 aromatic rings. The van der Waals surface area contributed by atoms with Crippen LogP contribution in [0, 0.1) is 0 Å². The minimum absolute atomic E-state index is 0.0294. The van der Waals surface area contributed by atoms with Crippen LogP contribution < -0.4 is 14.8 Å². The summed E-state index contributed by atoms with van der Waals surface area (Å²) in [5.74, 6) is 0.978. The summed E-state index contributed by atoms with van der Waals surface area (Å²) in [4.78, 5) is 12.7. The summed E-state index contributed by atoms with van der Waals surface area (Å²) < 4.78 is 37.7. The zero-order chi connectivity index (χ0) is 21.7. The van der Waals surface area contributed by atoms with Crippen LogP contribution in [-0.2, 0) is 16.6 Å².